The molecule has 0 atom stereocenters. The molecular weight excluding hydrogens is 250 g/mol. The zero-order valence-electron chi connectivity index (χ0n) is 9.22. The molecule has 5 heteroatoms. The van der Waals surface area contributed by atoms with E-state index in [-0.39, 0.29) is 10.7 Å². The van der Waals surface area contributed by atoms with E-state index < -0.39 is 0 Å². The van der Waals surface area contributed by atoms with Gasteiger partial charge in [-0.15, -0.1) is 0 Å². The predicted octanol–water partition coefficient (Wildman–Crippen LogP) is 2.64. The Bertz CT molecular complexity index is 777. The lowest BCUT2D eigenvalue weighted by Gasteiger charge is -2.05. The smallest absolute Gasteiger partial charge is 0.267 e. The molecule has 0 aliphatic carbocycles. The van der Waals surface area contributed by atoms with Gasteiger partial charge < -0.3 is 0 Å². The summed E-state index contributed by atoms with van der Waals surface area (Å²) in [6.07, 6.45) is 3.46. The molecule has 2 aromatic heterocycles. The SMILES string of the molecule is O=c1[nH]nc(Cl)cc1-c1cccc2cnccc12. The Morgan fingerprint density at radius 1 is 1.17 bits per heavy atom. The van der Waals surface area contributed by atoms with Crippen molar-refractivity contribution in [3.8, 4) is 11.1 Å². The molecule has 0 bridgehead atoms. The highest BCUT2D eigenvalue weighted by molar-refractivity contribution is 6.29. The monoisotopic (exact) mass is 257 g/mol. The van der Waals surface area contributed by atoms with E-state index in [1.807, 2.05) is 24.3 Å². The van der Waals surface area contributed by atoms with E-state index in [9.17, 15) is 4.79 Å². The van der Waals surface area contributed by atoms with E-state index >= 15 is 0 Å². The second kappa shape index (κ2) is 4.23. The fourth-order valence-electron chi connectivity index (χ4n) is 1.94. The molecule has 0 fully saturated rings. The van der Waals surface area contributed by atoms with Crippen LogP contribution in [0.3, 0.4) is 0 Å². The van der Waals surface area contributed by atoms with Gasteiger partial charge >= 0.3 is 0 Å². The highest BCUT2D eigenvalue weighted by atomic mass is 35.5. The molecule has 3 aromatic rings. The maximum Gasteiger partial charge on any atom is 0.272 e. The van der Waals surface area contributed by atoms with Gasteiger partial charge in [-0.1, -0.05) is 29.8 Å². The Balaban J connectivity index is 2.38. The maximum atomic E-state index is 11.8. The minimum absolute atomic E-state index is 0.260. The predicted molar refractivity (Wildman–Crippen MR) is 70.6 cm³/mol. The number of benzene rings is 1. The number of aromatic nitrogens is 3. The second-order valence-electron chi connectivity index (χ2n) is 3.84. The van der Waals surface area contributed by atoms with Crippen LogP contribution < -0.4 is 5.56 Å². The minimum Gasteiger partial charge on any atom is -0.267 e. The van der Waals surface area contributed by atoms with Crippen molar-refractivity contribution >= 4 is 22.4 Å². The first-order valence-electron chi connectivity index (χ1n) is 5.34. The van der Waals surface area contributed by atoms with Crippen molar-refractivity contribution in [2.45, 2.75) is 0 Å². The van der Waals surface area contributed by atoms with Crippen molar-refractivity contribution in [1.82, 2.24) is 15.2 Å². The molecule has 0 saturated carbocycles. The van der Waals surface area contributed by atoms with Crippen molar-refractivity contribution in [3.05, 3.63) is 58.2 Å². The molecule has 3 rings (SSSR count). The molecule has 0 unspecified atom stereocenters. The zero-order valence-corrected chi connectivity index (χ0v) is 9.98. The van der Waals surface area contributed by atoms with Gasteiger partial charge in [-0.2, -0.15) is 5.10 Å². The summed E-state index contributed by atoms with van der Waals surface area (Å²) in [6, 6.07) is 9.15. The third kappa shape index (κ3) is 1.76. The summed E-state index contributed by atoms with van der Waals surface area (Å²) < 4.78 is 0. The molecule has 0 saturated heterocycles. The molecule has 0 aliphatic rings. The number of halogens is 1. The Morgan fingerprint density at radius 2 is 2.06 bits per heavy atom. The van der Waals surface area contributed by atoms with Crippen molar-refractivity contribution in [3.63, 3.8) is 0 Å². The Labute approximate surface area is 107 Å². The topological polar surface area (TPSA) is 58.6 Å². The first-order chi connectivity index (χ1) is 8.75. The lowest BCUT2D eigenvalue weighted by Crippen LogP contribution is -2.10. The zero-order chi connectivity index (χ0) is 12.5. The van der Waals surface area contributed by atoms with Gasteiger partial charge in [0.25, 0.3) is 5.56 Å². The van der Waals surface area contributed by atoms with Crippen molar-refractivity contribution in [2.24, 2.45) is 0 Å². The highest BCUT2D eigenvalue weighted by Gasteiger charge is 2.08. The summed E-state index contributed by atoms with van der Waals surface area (Å²) in [5.41, 5.74) is 1.07. The fourth-order valence-corrected chi connectivity index (χ4v) is 2.09. The van der Waals surface area contributed by atoms with Gasteiger partial charge in [0.2, 0.25) is 0 Å². The van der Waals surface area contributed by atoms with Crippen LogP contribution in [0, 0.1) is 0 Å². The summed E-state index contributed by atoms with van der Waals surface area (Å²) >= 11 is 5.82. The molecule has 0 spiro atoms. The van der Waals surface area contributed by atoms with Crippen LogP contribution in [0.5, 0.6) is 0 Å². The van der Waals surface area contributed by atoms with E-state index in [0.717, 1.165) is 16.3 Å². The molecule has 2 heterocycles. The van der Waals surface area contributed by atoms with E-state index in [4.69, 9.17) is 11.6 Å². The van der Waals surface area contributed by atoms with Crippen LogP contribution in [0.25, 0.3) is 21.9 Å². The molecule has 0 amide bonds. The van der Waals surface area contributed by atoms with Gasteiger partial charge in [-0.3, -0.25) is 9.78 Å². The fraction of sp³-hybridized carbons (Fsp3) is 0. The van der Waals surface area contributed by atoms with Crippen LogP contribution in [0.15, 0.2) is 47.5 Å². The summed E-state index contributed by atoms with van der Waals surface area (Å²) in [6.45, 7) is 0. The summed E-state index contributed by atoms with van der Waals surface area (Å²) in [4.78, 5) is 15.9. The average Bonchev–Trinajstić information content (AvgIpc) is 2.41. The van der Waals surface area contributed by atoms with E-state index in [2.05, 4.69) is 15.2 Å². The van der Waals surface area contributed by atoms with Crippen LogP contribution >= 0.6 is 11.6 Å². The molecule has 1 N–H and O–H groups in total. The lowest BCUT2D eigenvalue weighted by molar-refractivity contribution is 0.992. The molecule has 0 aliphatic heterocycles. The number of hydrogen-bond acceptors (Lipinski definition) is 3. The van der Waals surface area contributed by atoms with Crippen molar-refractivity contribution < 1.29 is 0 Å². The number of nitrogens with one attached hydrogen (secondary N) is 1. The van der Waals surface area contributed by atoms with Gasteiger partial charge in [0.15, 0.2) is 0 Å². The number of aromatic amines is 1. The quantitative estimate of drug-likeness (QED) is 0.729. The summed E-state index contributed by atoms with van der Waals surface area (Å²) in [5, 5.41) is 8.23. The average molecular weight is 258 g/mol. The Hall–Kier alpha value is -2.20. The normalized spacial score (nSPS) is 10.7. The van der Waals surface area contributed by atoms with Crippen LogP contribution in [0.1, 0.15) is 0 Å². The number of H-pyrrole nitrogens is 1. The van der Waals surface area contributed by atoms with Crippen molar-refractivity contribution in [2.75, 3.05) is 0 Å². The van der Waals surface area contributed by atoms with Gasteiger partial charge in [0.05, 0.1) is 5.56 Å². The standard InChI is InChI=1S/C13H8ClN3O/c14-12-6-11(13(18)17-16-12)10-3-1-2-8-7-15-5-4-9(8)10/h1-7H,(H,17,18). The Kier molecular flexibility index (Phi) is 2.57. The number of fused-ring (bicyclic) bond motifs is 1. The number of pyridine rings is 1. The Morgan fingerprint density at radius 3 is 2.94 bits per heavy atom. The molecule has 0 radical (unpaired) electrons. The molecule has 4 nitrogen and oxygen atoms in total. The van der Waals surface area contributed by atoms with E-state index in [1.54, 1.807) is 18.5 Å². The van der Waals surface area contributed by atoms with E-state index in [0.29, 0.717) is 5.56 Å². The van der Waals surface area contributed by atoms with Gasteiger partial charge in [-0.25, -0.2) is 5.10 Å². The minimum atomic E-state index is -0.260. The van der Waals surface area contributed by atoms with Gasteiger partial charge in [0.1, 0.15) is 5.15 Å². The number of hydrogen-bond donors (Lipinski definition) is 1. The van der Waals surface area contributed by atoms with Crippen LogP contribution in [-0.4, -0.2) is 15.2 Å². The lowest BCUT2D eigenvalue weighted by atomic mass is 10.0. The summed E-state index contributed by atoms with van der Waals surface area (Å²) in [7, 11) is 0. The van der Waals surface area contributed by atoms with Crippen molar-refractivity contribution in [1.29, 1.82) is 0 Å². The molecular formula is C13H8ClN3O. The first kappa shape index (κ1) is 10.9. The van der Waals surface area contributed by atoms with Crippen LogP contribution in [0.4, 0.5) is 0 Å². The third-order valence-corrected chi connectivity index (χ3v) is 2.94. The number of nitrogens with zero attached hydrogens (tertiary/aromatic N) is 2. The molecule has 1 aromatic carbocycles. The number of rotatable bonds is 1. The largest absolute Gasteiger partial charge is 0.272 e. The van der Waals surface area contributed by atoms with Gasteiger partial charge in [-0.05, 0) is 23.1 Å². The van der Waals surface area contributed by atoms with Gasteiger partial charge in [0, 0.05) is 17.8 Å². The maximum absolute atomic E-state index is 11.8. The summed E-state index contributed by atoms with van der Waals surface area (Å²) in [5.74, 6) is 0. The first-order valence-corrected chi connectivity index (χ1v) is 5.72. The van der Waals surface area contributed by atoms with Crippen LogP contribution in [0.2, 0.25) is 5.15 Å². The molecule has 18 heavy (non-hydrogen) atoms. The highest BCUT2D eigenvalue weighted by Crippen LogP contribution is 2.26. The molecule has 88 valence electrons. The van der Waals surface area contributed by atoms with Crippen LogP contribution in [-0.2, 0) is 0 Å². The van der Waals surface area contributed by atoms with E-state index in [1.165, 1.54) is 0 Å². The third-order valence-electron chi connectivity index (χ3n) is 2.74. The second-order valence-corrected chi connectivity index (χ2v) is 4.22.